The Morgan fingerprint density at radius 3 is 2.47 bits per heavy atom. The Bertz CT molecular complexity index is 318. The van der Waals surface area contributed by atoms with E-state index in [0.29, 0.717) is 0 Å². The van der Waals surface area contributed by atoms with Crippen LogP contribution in [-0.4, -0.2) is 15.1 Å². The van der Waals surface area contributed by atoms with Gasteiger partial charge in [-0.25, -0.2) is 4.98 Å². The lowest BCUT2D eigenvalue weighted by molar-refractivity contribution is 0.388. The first kappa shape index (κ1) is 14.2. The Hall–Kier alpha value is -0.830. The van der Waals surface area contributed by atoms with Crippen molar-refractivity contribution in [2.45, 2.75) is 66.1 Å². The van der Waals surface area contributed by atoms with Gasteiger partial charge in [-0.1, -0.05) is 26.7 Å². The fourth-order valence-corrected chi connectivity index (χ4v) is 1.84. The molecule has 3 nitrogen and oxygen atoms in total. The van der Waals surface area contributed by atoms with Gasteiger partial charge in [0.25, 0.3) is 0 Å². The van der Waals surface area contributed by atoms with Crippen molar-refractivity contribution >= 4 is 0 Å². The van der Waals surface area contributed by atoms with E-state index in [9.17, 15) is 0 Å². The zero-order valence-electron chi connectivity index (χ0n) is 12.0. The molecule has 0 unspecified atom stereocenters. The fraction of sp³-hybridized carbons (Fsp3) is 0.786. The van der Waals surface area contributed by atoms with Crippen molar-refractivity contribution in [3.63, 3.8) is 0 Å². The van der Waals surface area contributed by atoms with Crippen LogP contribution < -0.4 is 5.32 Å². The quantitative estimate of drug-likeness (QED) is 0.823. The van der Waals surface area contributed by atoms with Crippen molar-refractivity contribution in [3.8, 4) is 0 Å². The van der Waals surface area contributed by atoms with Gasteiger partial charge in [0.15, 0.2) is 0 Å². The van der Waals surface area contributed by atoms with E-state index in [4.69, 9.17) is 0 Å². The highest BCUT2D eigenvalue weighted by Crippen LogP contribution is 2.13. The zero-order chi connectivity index (χ0) is 12.9. The standard InChI is InChI=1S/C14H27N3/c1-6-12(7-2)10-17-11-15-8-13(17)9-16-14(3,4)5/h8,11-12,16H,6-7,9-10H2,1-5H3. The van der Waals surface area contributed by atoms with Crippen LogP contribution in [0.5, 0.6) is 0 Å². The molecule has 0 aromatic carbocycles. The van der Waals surface area contributed by atoms with Crippen LogP contribution in [0.25, 0.3) is 0 Å². The molecule has 1 N–H and O–H groups in total. The Kier molecular flexibility index (Phi) is 5.19. The van der Waals surface area contributed by atoms with Crippen LogP contribution >= 0.6 is 0 Å². The molecule has 98 valence electrons. The average molecular weight is 237 g/mol. The molecule has 0 aliphatic carbocycles. The number of nitrogens with one attached hydrogen (secondary N) is 1. The van der Waals surface area contributed by atoms with E-state index in [0.717, 1.165) is 19.0 Å². The Balaban J connectivity index is 2.59. The zero-order valence-corrected chi connectivity index (χ0v) is 12.0. The molecule has 1 heterocycles. The molecule has 1 rings (SSSR count). The van der Waals surface area contributed by atoms with Crippen LogP contribution in [0.4, 0.5) is 0 Å². The molecular formula is C14H27N3. The number of hydrogen-bond acceptors (Lipinski definition) is 2. The molecule has 0 aliphatic heterocycles. The highest BCUT2D eigenvalue weighted by Gasteiger charge is 2.12. The van der Waals surface area contributed by atoms with Gasteiger partial charge < -0.3 is 9.88 Å². The number of aromatic nitrogens is 2. The van der Waals surface area contributed by atoms with E-state index in [2.05, 4.69) is 49.5 Å². The third kappa shape index (κ3) is 4.90. The highest BCUT2D eigenvalue weighted by atomic mass is 15.1. The summed E-state index contributed by atoms with van der Waals surface area (Å²) in [5.74, 6) is 0.762. The lowest BCUT2D eigenvalue weighted by Gasteiger charge is -2.22. The molecule has 0 saturated heterocycles. The van der Waals surface area contributed by atoms with Crippen LogP contribution in [0, 0.1) is 5.92 Å². The van der Waals surface area contributed by atoms with Crippen LogP contribution in [0.1, 0.15) is 53.2 Å². The van der Waals surface area contributed by atoms with Crippen LogP contribution in [0.15, 0.2) is 12.5 Å². The number of hydrogen-bond donors (Lipinski definition) is 1. The molecule has 1 aromatic rings. The third-order valence-corrected chi connectivity index (χ3v) is 3.21. The molecule has 3 heteroatoms. The van der Waals surface area contributed by atoms with E-state index >= 15 is 0 Å². The van der Waals surface area contributed by atoms with E-state index < -0.39 is 0 Å². The minimum Gasteiger partial charge on any atom is -0.333 e. The van der Waals surface area contributed by atoms with Crippen molar-refractivity contribution in [1.29, 1.82) is 0 Å². The molecule has 0 aliphatic rings. The maximum absolute atomic E-state index is 4.27. The van der Waals surface area contributed by atoms with Crippen LogP contribution in [-0.2, 0) is 13.1 Å². The van der Waals surface area contributed by atoms with Crippen LogP contribution in [0.2, 0.25) is 0 Å². The second kappa shape index (κ2) is 6.20. The summed E-state index contributed by atoms with van der Waals surface area (Å²) in [7, 11) is 0. The maximum atomic E-state index is 4.27. The number of rotatable bonds is 6. The van der Waals surface area contributed by atoms with Crippen molar-refractivity contribution in [1.82, 2.24) is 14.9 Å². The van der Waals surface area contributed by atoms with E-state index in [1.54, 1.807) is 0 Å². The summed E-state index contributed by atoms with van der Waals surface area (Å²) < 4.78 is 2.29. The maximum Gasteiger partial charge on any atom is 0.0948 e. The minimum atomic E-state index is 0.157. The molecule has 1 aromatic heterocycles. The van der Waals surface area contributed by atoms with Crippen molar-refractivity contribution in [2.75, 3.05) is 0 Å². The summed E-state index contributed by atoms with van der Waals surface area (Å²) in [6.07, 6.45) is 6.40. The van der Waals surface area contributed by atoms with Gasteiger partial charge in [-0.05, 0) is 26.7 Å². The average Bonchev–Trinajstić information content (AvgIpc) is 2.69. The summed E-state index contributed by atoms with van der Waals surface area (Å²) in [6, 6.07) is 0. The molecule has 17 heavy (non-hydrogen) atoms. The number of nitrogens with zero attached hydrogens (tertiary/aromatic N) is 2. The van der Waals surface area contributed by atoms with Gasteiger partial charge in [0.05, 0.1) is 12.0 Å². The smallest absolute Gasteiger partial charge is 0.0948 e. The predicted molar refractivity (Wildman–Crippen MR) is 72.9 cm³/mol. The lowest BCUT2D eigenvalue weighted by atomic mass is 10.0. The van der Waals surface area contributed by atoms with E-state index in [1.165, 1.54) is 18.5 Å². The predicted octanol–water partition coefficient (Wildman–Crippen LogP) is 3.21. The Morgan fingerprint density at radius 1 is 1.29 bits per heavy atom. The largest absolute Gasteiger partial charge is 0.333 e. The van der Waals surface area contributed by atoms with Gasteiger partial charge >= 0.3 is 0 Å². The summed E-state index contributed by atoms with van der Waals surface area (Å²) in [4.78, 5) is 4.27. The van der Waals surface area contributed by atoms with Crippen molar-refractivity contribution in [3.05, 3.63) is 18.2 Å². The van der Waals surface area contributed by atoms with Gasteiger partial charge in [-0.2, -0.15) is 0 Å². The van der Waals surface area contributed by atoms with Gasteiger partial charge in [-0.15, -0.1) is 0 Å². The highest BCUT2D eigenvalue weighted by molar-refractivity contribution is 4.99. The molecular weight excluding hydrogens is 210 g/mol. The molecule has 0 radical (unpaired) electrons. The van der Waals surface area contributed by atoms with E-state index in [-0.39, 0.29) is 5.54 Å². The second-order valence-corrected chi connectivity index (χ2v) is 5.82. The van der Waals surface area contributed by atoms with E-state index in [1.807, 2.05) is 12.5 Å². The summed E-state index contributed by atoms with van der Waals surface area (Å²) in [5, 5.41) is 3.51. The Labute approximate surface area is 106 Å². The molecule has 0 atom stereocenters. The Morgan fingerprint density at radius 2 is 1.94 bits per heavy atom. The SMILES string of the molecule is CCC(CC)Cn1cncc1CNC(C)(C)C. The first-order valence-corrected chi connectivity index (χ1v) is 6.70. The van der Waals surface area contributed by atoms with Gasteiger partial charge in [-0.3, -0.25) is 0 Å². The molecule has 0 spiro atoms. The fourth-order valence-electron chi connectivity index (χ4n) is 1.84. The summed E-state index contributed by atoms with van der Waals surface area (Å²) in [6.45, 7) is 13.1. The summed E-state index contributed by atoms with van der Waals surface area (Å²) in [5.41, 5.74) is 1.44. The topological polar surface area (TPSA) is 29.9 Å². The summed E-state index contributed by atoms with van der Waals surface area (Å²) >= 11 is 0. The molecule has 0 fully saturated rings. The minimum absolute atomic E-state index is 0.157. The van der Waals surface area contributed by atoms with Crippen molar-refractivity contribution < 1.29 is 0 Å². The van der Waals surface area contributed by atoms with Gasteiger partial charge in [0.1, 0.15) is 0 Å². The first-order valence-electron chi connectivity index (χ1n) is 6.70. The first-order chi connectivity index (χ1) is 7.96. The molecule has 0 bridgehead atoms. The normalized spacial score (nSPS) is 12.4. The van der Waals surface area contributed by atoms with Crippen LogP contribution in [0.3, 0.4) is 0 Å². The third-order valence-electron chi connectivity index (χ3n) is 3.21. The second-order valence-electron chi connectivity index (χ2n) is 5.82. The van der Waals surface area contributed by atoms with Crippen molar-refractivity contribution in [2.24, 2.45) is 5.92 Å². The monoisotopic (exact) mass is 237 g/mol. The van der Waals surface area contributed by atoms with Gasteiger partial charge in [0.2, 0.25) is 0 Å². The molecule has 0 amide bonds. The lowest BCUT2D eigenvalue weighted by Crippen LogP contribution is -2.35. The van der Waals surface area contributed by atoms with Gasteiger partial charge in [0, 0.05) is 24.8 Å². The number of imidazole rings is 1. The molecule has 0 saturated carbocycles.